The molecule has 0 radical (unpaired) electrons. The molecule has 0 saturated carbocycles. The minimum Gasteiger partial charge on any atom is -0.381 e. The Hall–Kier alpha value is -0.320. The molecule has 1 atom stereocenters. The van der Waals surface area contributed by atoms with Gasteiger partial charge in [-0.2, -0.15) is 0 Å². The van der Waals surface area contributed by atoms with Gasteiger partial charge in [0.1, 0.15) is 6.79 Å². The van der Waals surface area contributed by atoms with E-state index in [0.29, 0.717) is 13.4 Å². The van der Waals surface area contributed by atoms with E-state index >= 15 is 0 Å². The molecule has 0 N–H and O–H groups in total. The van der Waals surface area contributed by atoms with Crippen molar-refractivity contribution in [3.05, 3.63) is 0 Å². The summed E-state index contributed by atoms with van der Waals surface area (Å²) in [5.41, 5.74) is 0.159. The molecule has 0 aromatic heterocycles. The molecule has 0 bridgehead atoms. The van der Waals surface area contributed by atoms with Gasteiger partial charge in [0.2, 0.25) is 0 Å². The molecule has 0 aliphatic carbocycles. The molecule has 366 valence electrons. The van der Waals surface area contributed by atoms with E-state index in [2.05, 4.69) is 27.7 Å². The van der Waals surface area contributed by atoms with Crippen LogP contribution < -0.4 is 0 Å². The fraction of sp³-hybridized carbons (Fsp3) is 1.00. The van der Waals surface area contributed by atoms with Crippen molar-refractivity contribution in [1.29, 1.82) is 0 Å². The first-order chi connectivity index (χ1) is 18.2. The summed E-state index contributed by atoms with van der Waals surface area (Å²) in [5.74, 6) is 0. The van der Waals surface area contributed by atoms with Gasteiger partial charge >= 0.3 is 0 Å². The van der Waals surface area contributed by atoms with E-state index in [1.165, 1.54) is 6.42 Å². The normalized spacial score (nSPS) is 7.72. The van der Waals surface area contributed by atoms with Gasteiger partial charge in [-0.05, 0) is 62.3 Å². The summed E-state index contributed by atoms with van der Waals surface area (Å²) < 4.78 is 40.7. The van der Waals surface area contributed by atoms with Gasteiger partial charge in [-0.25, -0.2) is 0 Å². The van der Waals surface area contributed by atoms with Crippen LogP contribution in [0, 0.1) is 5.41 Å². The van der Waals surface area contributed by atoms with Crippen LogP contribution in [-0.4, -0.2) is 98.8 Å². The minimum atomic E-state index is 0. The van der Waals surface area contributed by atoms with Gasteiger partial charge in [0.15, 0.2) is 0 Å². The molecule has 0 saturated heterocycles. The highest BCUT2D eigenvalue weighted by Crippen LogP contribution is 2.15. The molecule has 8 nitrogen and oxygen atoms in total. The highest BCUT2D eigenvalue weighted by molar-refractivity contribution is 4.66. The number of ether oxygens (including phenoxy) is 8. The lowest BCUT2D eigenvalue weighted by Crippen LogP contribution is -2.25. The van der Waals surface area contributed by atoms with Gasteiger partial charge in [0, 0.05) is 58.3 Å². The SMILES string of the molecule is C.C.C.C.C.C.C.C.C.C.C.C.C.C.C.C.CCC.CCOCC(C)(C)COCC.CCOCC(C)OCC.CCOCCOCC.CCOCOCC. The van der Waals surface area contributed by atoms with Crippen LogP contribution >= 0.6 is 0 Å². The van der Waals surface area contributed by atoms with Crippen molar-refractivity contribution in [2.24, 2.45) is 5.41 Å². The smallest absolute Gasteiger partial charge is 0.146 e. The third-order valence-electron chi connectivity index (χ3n) is 3.76. The summed E-state index contributed by atoms with van der Waals surface area (Å²) in [7, 11) is 0. The van der Waals surface area contributed by atoms with E-state index in [9.17, 15) is 0 Å². The van der Waals surface area contributed by atoms with Crippen molar-refractivity contribution < 1.29 is 37.9 Å². The van der Waals surface area contributed by atoms with Crippen LogP contribution in [0.2, 0.25) is 0 Å². The van der Waals surface area contributed by atoms with E-state index < -0.39 is 0 Å². The predicted octanol–water partition coefficient (Wildman–Crippen LogP) is 17.2. The molecule has 1 unspecified atom stereocenters. The average Bonchev–Trinajstić information content (AvgIpc) is 2.90. The second kappa shape index (κ2) is 140. The zero-order valence-electron chi connectivity index (χ0n) is 27.9. The first-order valence-electron chi connectivity index (χ1n) is 14.8. The molecule has 0 aromatic rings. The Balaban J connectivity index is -0.0000000127. The topological polar surface area (TPSA) is 73.8 Å². The molecule has 0 heterocycles. The predicted molar refractivity (Wildman–Crippen MR) is 269 cm³/mol. The Bertz CT molecular complexity index is 329. The number of hydrogen-bond acceptors (Lipinski definition) is 8. The van der Waals surface area contributed by atoms with Gasteiger partial charge in [0.05, 0.1) is 39.1 Å². The van der Waals surface area contributed by atoms with Crippen LogP contribution in [-0.2, 0) is 37.9 Å². The van der Waals surface area contributed by atoms with Crippen molar-refractivity contribution >= 4 is 0 Å². The Morgan fingerprint density at radius 3 is 0.796 bits per heavy atom. The quantitative estimate of drug-likeness (QED) is 0.0889. The lowest BCUT2D eigenvalue weighted by Gasteiger charge is -2.23. The first kappa shape index (κ1) is 139. The fourth-order valence-electron chi connectivity index (χ4n) is 2.05. The van der Waals surface area contributed by atoms with Gasteiger partial charge < -0.3 is 37.9 Å². The van der Waals surface area contributed by atoms with Crippen LogP contribution in [0.1, 0.15) is 215 Å². The van der Waals surface area contributed by atoms with Crippen molar-refractivity contribution in [3.63, 3.8) is 0 Å². The highest BCUT2D eigenvalue weighted by Gasteiger charge is 2.17. The molecular weight excluding hydrogens is 680 g/mol. The summed E-state index contributed by atoms with van der Waals surface area (Å²) in [4.78, 5) is 0. The molecule has 0 fully saturated rings. The maximum absolute atomic E-state index is 5.32. The van der Waals surface area contributed by atoms with Crippen LogP contribution in [0.15, 0.2) is 0 Å². The van der Waals surface area contributed by atoms with Crippen molar-refractivity contribution in [3.8, 4) is 0 Å². The van der Waals surface area contributed by atoms with Crippen LogP contribution in [0.5, 0.6) is 0 Å². The Morgan fingerprint density at radius 2 is 0.593 bits per heavy atom. The molecule has 54 heavy (non-hydrogen) atoms. The lowest BCUT2D eigenvalue weighted by molar-refractivity contribution is -0.0445. The molecule has 0 rings (SSSR count). The zero-order valence-corrected chi connectivity index (χ0v) is 27.9. The number of hydrogen-bond donors (Lipinski definition) is 0. The van der Waals surface area contributed by atoms with Gasteiger partial charge in [-0.3, -0.25) is 0 Å². The molecule has 0 amide bonds. The second-order valence-electron chi connectivity index (χ2n) is 8.57. The number of rotatable bonds is 20. The third kappa shape index (κ3) is 201. The largest absolute Gasteiger partial charge is 0.381 e. The van der Waals surface area contributed by atoms with E-state index in [0.717, 1.165) is 79.3 Å². The monoisotopic (exact) mass is 815 g/mol. The second-order valence-corrected chi connectivity index (χ2v) is 8.57. The third-order valence-corrected chi connectivity index (χ3v) is 3.76. The molecule has 0 aliphatic rings. The molecule has 0 aromatic carbocycles. The van der Waals surface area contributed by atoms with E-state index in [1.807, 2.05) is 62.3 Å². The van der Waals surface area contributed by atoms with E-state index in [-0.39, 0.29) is 130 Å². The summed E-state index contributed by atoms with van der Waals surface area (Å²) in [5, 5.41) is 0. The van der Waals surface area contributed by atoms with E-state index in [4.69, 9.17) is 37.9 Å². The van der Waals surface area contributed by atoms with Crippen LogP contribution in [0.25, 0.3) is 0 Å². The fourth-order valence-corrected chi connectivity index (χ4v) is 2.05. The summed E-state index contributed by atoms with van der Waals surface area (Å²) in [6.45, 7) is 36.7. The maximum Gasteiger partial charge on any atom is 0.146 e. The van der Waals surface area contributed by atoms with Crippen molar-refractivity contribution in [2.75, 3.05) is 92.7 Å². The van der Waals surface area contributed by atoms with Crippen LogP contribution in [0.3, 0.4) is 0 Å². The molecular formula is C46H134O8. The highest BCUT2D eigenvalue weighted by atomic mass is 16.7. The van der Waals surface area contributed by atoms with Gasteiger partial charge in [-0.1, -0.05) is 153 Å². The molecule has 0 aliphatic heterocycles. The summed E-state index contributed by atoms with van der Waals surface area (Å²) in [6.07, 6.45) is 1.50. The Labute approximate surface area is 356 Å². The van der Waals surface area contributed by atoms with Crippen LogP contribution in [0.4, 0.5) is 0 Å². The molecule has 8 heteroatoms. The zero-order chi connectivity index (χ0) is 30.3. The standard InChI is InChI=1S/C9H20O2.C7H16O2.C6H14O2.C5H12O2.C3H8.16CH4/c1-5-10-7-9(3,4)8-11-6-2;1-4-8-6-7(3)9-5-2;1-3-7-5-6-8-4-2;1-3-6-5-7-4-2;1-3-2;;;;;;;;;;;;;;;;/h5-8H2,1-4H3;7H,4-6H2,1-3H3;3-6H2,1-2H3;3-5H2,1-2H3;3H2,1-2H3;16*1H4. The Morgan fingerprint density at radius 1 is 0.352 bits per heavy atom. The minimum absolute atomic E-state index is 0. The van der Waals surface area contributed by atoms with Gasteiger partial charge in [0.25, 0.3) is 0 Å². The lowest BCUT2D eigenvalue weighted by atomic mass is 9.96. The Kier molecular flexibility index (Phi) is 362. The maximum atomic E-state index is 5.32. The van der Waals surface area contributed by atoms with Crippen molar-refractivity contribution in [1.82, 2.24) is 0 Å². The van der Waals surface area contributed by atoms with Crippen molar-refractivity contribution in [2.45, 2.75) is 221 Å². The van der Waals surface area contributed by atoms with Gasteiger partial charge in [-0.15, -0.1) is 0 Å². The average molecular weight is 816 g/mol. The van der Waals surface area contributed by atoms with E-state index in [1.54, 1.807) is 0 Å². The first-order valence-corrected chi connectivity index (χ1v) is 14.8. The summed E-state index contributed by atoms with van der Waals surface area (Å²) >= 11 is 0. The summed E-state index contributed by atoms with van der Waals surface area (Å²) in [6, 6.07) is 0. The molecule has 0 spiro atoms.